The molecule has 0 aliphatic heterocycles. The number of urea groups is 1. The van der Waals surface area contributed by atoms with Crippen LogP contribution in [0.5, 0.6) is 0 Å². The largest absolute Gasteiger partial charge is 0.339 e. The van der Waals surface area contributed by atoms with Gasteiger partial charge in [-0.15, -0.1) is 0 Å². The molecule has 0 radical (unpaired) electrons. The number of halogens is 1. The second kappa shape index (κ2) is 6.85. The number of para-hydroxylation sites is 1. The van der Waals surface area contributed by atoms with E-state index in [1.54, 1.807) is 19.1 Å². The minimum atomic E-state index is -0.471. The third-order valence-corrected chi connectivity index (χ3v) is 3.25. The standard InChI is InChI=1S/C17H18FN3O/c1-11-7-8-14(15(18)9-11)10-19-21-17(22)20-16-12(2)5-4-6-13(16)3/h4-10H,1-3H3,(H2,20,21,22)/b19-10+. The lowest BCUT2D eigenvalue weighted by Crippen LogP contribution is -2.25. The Balaban J connectivity index is 1.99. The quantitative estimate of drug-likeness (QED) is 0.655. The molecule has 0 fully saturated rings. The summed E-state index contributed by atoms with van der Waals surface area (Å²) in [5.41, 5.74) is 6.15. The molecule has 22 heavy (non-hydrogen) atoms. The first-order chi connectivity index (χ1) is 10.5. The van der Waals surface area contributed by atoms with Gasteiger partial charge in [-0.25, -0.2) is 14.6 Å². The fourth-order valence-electron chi connectivity index (χ4n) is 2.05. The zero-order valence-corrected chi connectivity index (χ0v) is 12.8. The number of hydrogen-bond donors (Lipinski definition) is 2. The topological polar surface area (TPSA) is 53.5 Å². The lowest BCUT2D eigenvalue weighted by atomic mass is 10.1. The molecule has 0 heterocycles. The van der Waals surface area contributed by atoms with Crippen molar-refractivity contribution < 1.29 is 9.18 Å². The van der Waals surface area contributed by atoms with Crippen LogP contribution in [0.4, 0.5) is 14.9 Å². The van der Waals surface area contributed by atoms with Crippen molar-refractivity contribution >= 4 is 17.9 Å². The number of nitrogens with one attached hydrogen (secondary N) is 2. The predicted molar refractivity (Wildman–Crippen MR) is 86.8 cm³/mol. The van der Waals surface area contributed by atoms with E-state index < -0.39 is 6.03 Å². The molecule has 2 amide bonds. The lowest BCUT2D eigenvalue weighted by molar-refractivity contribution is 0.252. The Bertz CT molecular complexity index is 706. The van der Waals surface area contributed by atoms with E-state index in [4.69, 9.17) is 0 Å². The maximum atomic E-state index is 13.6. The highest BCUT2D eigenvalue weighted by Gasteiger charge is 2.06. The van der Waals surface area contributed by atoms with Gasteiger partial charge in [0.2, 0.25) is 0 Å². The fourth-order valence-corrected chi connectivity index (χ4v) is 2.05. The number of carbonyl (C=O) groups is 1. The monoisotopic (exact) mass is 299 g/mol. The maximum Gasteiger partial charge on any atom is 0.339 e. The predicted octanol–water partition coefficient (Wildman–Crippen LogP) is 3.91. The maximum absolute atomic E-state index is 13.6. The van der Waals surface area contributed by atoms with E-state index in [1.807, 2.05) is 32.0 Å². The third-order valence-electron chi connectivity index (χ3n) is 3.25. The molecule has 2 N–H and O–H groups in total. The highest BCUT2D eigenvalue weighted by Crippen LogP contribution is 2.18. The average molecular weight is 299 g/mol. The van der Waals surface area contributed by atoms with Crippen LogP contribution in [0.1, 0.15) is 22.3 Å². The molecule has 0 aliphatic carbocycles. The number of carbonyl (C=O) groups excluding carboxylic acids is 1. The van der Waals surface area contributed by atoms with Gasteiger partial charge in [0.25, 0.3) is 0 Å². The molecule has 2 aromatic carbocycles. The number of rotatable bonds is 3. The Morgan fingerprint density at radius 2 is 1.82 bits per heavy atom. The van der Waals surface area contributed by atoms with Gasteiger partial charge in [0, 0.05) is 11.3 Å². The van der Waals surface area contributed by atoms with E-state index in [1.165, 1.54) is 12.3 Å². The van der Waals surface area contributed by atoms with Crippen LogP contribution >= 0.6 is 0 Å². The van der Waals surface area contributed by atoms with Crippen LogP contribution in [0, 0.1) is 26.6 Å². The van der Waals surface area contributed by atoms with E-state index in [0.717, 1.165) is 22.4 Å². The number of aryl methyl sites for hydroxylation is 3. The van der Waals surface area contributed by atoms with Gasteiger partial charge >= 0.3 is 6.03 Å². The van der Waals surface area contributed by atoms with Crippen molar-refractivity contribution in [2.75, 3.05) is 5.32 Å². The number of amides is 2. The summed E-state index contributed by atoms with van der Waals surface area (Å²) in [4.78, 5) is 11.8. The van der Waals surface area contributed by atoms with Crippen LogP contribution in [0.15, 0.2) is 41.5 Å². The Labute approximate surface area is 129 Å². The van der Waals surface area contributed by atoms with Crippen molar-refractivity contribution in [2.24, 2.45) is 5.10 Å². The first-order valence-corrected chi connectivity index (χ1v) is 6.90. The lowest BCUT2D eigenvalue weighted by Gasteiger charge is -2.10. The first-order valence-electron chi connectivity index (χ1n) is 6.90. The number of anilines is 1. The van der Waals surface area contributed by atoms with Crippen LogP contribution in [0.25, 0.3) is 0 Å². The molecule has 0 atom stereocenters. The van der Waals surface area contributed by atoms with Crippen molar-refractivity contribution in [1.29, 1.82) is 0 Å². The van der Waals surface area contributed by atoms with E-state index in [9.17, 15) is 9.18 Å². The number of hydrazone groups is 1. The number of benzene rings is 2. The zero-order valence-electron chi connectivity index (χ0n) is 12.8. The van der Waals surface area contributed by atoms with Gasteiger partial charge in [0.05, 0.1) is 6.21 Å². The average Bonchev–Trinajstić information content (AvgIpc) is 2.45. The van der Waals surface area contributed by atoms with Crippen LogP contribution in [-0.2, 0) is 0 Å². The molecule has 2 aromatic rings. The van der Waals surface area contributed by atoms with Crippen molar-refractivity contribution in [3.63, 3.8) is 0 Å². The van der Waals surface area contributed by atoms with E-state index in [2.05, 4.69) is 15.8 Å². The molecule has 0 unspecified atom stereocenters. The second-order valence-electron chi connectivity index (χ2n) is 5.12. The van der Waals surface area contributed by atoms with Gasteiger partial charge in [-0.2, -0.15) is 5.10 Å². The molecular formula is C17H18FN3O. The van der Waals surface area contributed by atoms with Gasteiger partial charge in [0.15, 0.2) is 0 Å². The molecule has 0 spiro atoms. The van der Waals surface area contributed by atoms with Crippen LogP contribution in [0.2, 0.25) is 0 Å². The molecule has 2 rings (SSSR count). The summed E-state index contributed by atoms with van der Waals surface area (Å²) >= 11 is 0. The molecule has 0 saturated heterocycles. The van der Waals surface area contributed by atoms with Crippen molar-refractivity contribution in [1.82, 2.24) is 5.43 Å². The smallest absolute Gasteiger partial charge is 0.306 e. The molecule has 0 aliphatic rings. The summed E-state index contributed by atoms with van der Waals surface area (Å²) in [6.07, 6.45) is 1.28. The van der Waals surface area contributed by atoms with Gasteiger partial charge in [-0.05, 0) is 43.5 Å². The van der Waals surface area contributed by atoms with Crippen LogP contribution < -0.4 is 10.7 Å². The van der Waals surface area contributed by atoms with Gasteiger partial charge in [-0.1, -0.05) is 30.3 Å². The number of nitrogens with zero attached hydrogens (tertiary/aromatic N) is 1. The summed E-state index contributed by atoms with van der Waals surface area (Å²) in [5, 5.41) is 6.49. The van der Waals surface area contributed by atoms with Crippen LogP contribution in [0.3, 0.4) is 0 Å². The third kappa shape index (κ3) is 3.91. The molecular weight excluding hydrogens is 281 g/mol. The summed E-state index contributed by atoms with van der Waals surface area (Å²) in [7, 11) is 0. The first kappa shape index (κ1) is 15.7. The SMILES string of the molecule is Cc1ccc(/C=N/NC(=O)Nc2c(C)cccc2C)c(F)c1. The van der Waals surface area contributed by atoms with Crippen molar-refractivity contribution in [3.8, 4) is 0 Å². The molecule has 5 heteroatoms. The van der Waals surface area contributed by atoms with Crippen LogP contribution in [-0.4, -0.2) is 12.2 Å². The Morgan fingerprint density at radius 3 is 2.45 bits per heavy atom. The summed E-state index contributed by atoms with van der Waals surface area (Å²) in [6.45, 7) is 5.63. The fraction of sp³-hybridized carbons (Fsp3) is 0.176. The molecule has 0 aromatic heterocycles. The van der Waals surface area contributed by atoms with Crippen molar-refractivity contribution in [3.05, 3.63) is 64.5 Å². The normalized spacial score (nSPS) is 10.7. The summed E-state index contributed by atoms with van der Waals surface area (Å²) < 4.78 is 13.6. The molecule has 4 nitrogen and oxygen atoms in total. The van der Waals surface area contributed by atoms with Gasteiger partial charge < -0.3 is 5.32 Å². The Kier molecular flexibility index (Phi) is 4.88. The summed E-state index contributed by atoms with van der Waals surface area (Å²) in [5.74, 6) is -0.374. The van der Waals surface area contributed by atoms with E-state index in [-0.39, 0.29) is 5.82 Å². The van der Waals surface area contributed by atoms with Crippen molar-refractivity contribution in [2.45, 2.75) is 20.8 Å². The van der Waals surface area contributed by atoms with E-state index in [0.29, 0.717) is 5.56 Å². The van der Waals surface area contributed by atoms with E-state index >= 15 is 0 Å². The second-order valence-corrected chi connectivity index (χ2v) is 5.12. The molecule has 0 saturated carbocycles. The number of hydrogen-bond acceptors (Lipinski definition) is 2. The highest BCUT2D eigenvalue weighted by atomic mass is 19.1. The molecule has 0 bridgehead atoms. The minimum Gasteiger partial charge on any atom is -0.306 e. The van der Waals surface area contributed by atoms with Gasteiger partial charge in [-0.3, -0.25) is 0 Å². The molecule has 114 valence electrons. The Hall–Kier alpha value is -2.69. The Morgan fingerprint density at radius 1 is 1.14 bits per heavy atom. The minimum absolute atomic E-state index is 0.318. The van der Waals surface area contributed by atoms with Gasteiger partial charge in [0.1, 0.15) is 5.82 Å². The summed E-state index contributed by atoms with van der Waals surface area (Å²) in [6, 6.07) is 10.1. The highest BCUT2D eigenvalue weighted by molar-refractivity contribution is 5.91. The zero-order chi connectivity index (χ0) is 16.1.